The summed E-state index contributed by atoms with van der Waals surface area (Å²) in [5.41, 5.74) is 0. The fourth-order valence-corrected chi connectivity index (χ4v) is 4.37. The molecule has 0 nitrogen and oxygen atoms in total. The molecule has 4 heteroatoms. The van der Waals surface area contributed by atoms with E-state index in [9.17, 15) is 0 Å². The van der Waals surface area contributed by atoms with Crippen molar-refractivity contribution in [1.82, 2.24) is 0 Å². The summed E-state index contributed by atoms with van der Waals surface area (Å²) in [6, 6.07) is 0. The van der Waals surface area contributed by atoms with Gasteiger partial charge in [0, 0.05) is 0 Å². The number of halogens is 3. The predicted octanol–water partition coefficient (Wildman–Crippen LogP) is 3.41. The number of rotatable bonds is 0. The molecule has 0 aromatic heterocycles. The maximum atomic E-state index is 3.68. The van der Waals surface area contributed by atoms with Crippen molar-refractivity contribution in [1.29, 1.82) is 0 Å². The molecular weight excluding hydrogens is 360 g/mol. The van der Waals surface area contributed by atoms with Crippen LogP contribution in [-0.2, 0) is 20.4 Å². The molecule has 0 radical (unpaired) electrons. The number of hydrogen-bond donors (Lipinski definition) is 0. The van der Waals surface area contributed by atoms with E-state index in [1.165, 1.54) is 12.8 Å². The Kier molecular flexibility index (Phi) is 4.51. The van der Waals surface area contributed by atoms with Crippen LogP contribution in [0, 0.1) is 0 Å². The zero-order valence-electron chi connectivity index (χ0n) is 5.36. The van der Waals surface area contributed by atoms with Crippen LogP contribution in [0.15, 0.2) is 0 Å². The Morgan fingerprint density at radius 1 is 1.00 bits per heavy atom. The van der Waals surface area contributed by atoms with Gasteiger partial charge < -0.3 is 0 Å². The van der Waals surface area contributed by atoms with Gasteiger partial charge in [0.2, 0.25) is 0 Å². The summed E-state index contributed by atoms with van der Waals surface area (Å²) in [7, 11) is 0. The zero-order chi connectivity index (χ0) is 7.72. The predicted molar refractivity (Wildman–Crippen MR) is 51.1 cm³/mol. The molecule has 0 N–H and O–H groups in total. The van der Waals surface area contributed by atoms with Crippen molar-refractivity contribution in [3.63, 3.8) is 0 Å². The standard InChI is InChI=1S/C6H8Br3.Ti/c7-4-2-1-3-5(8)6(4)9;/h2,4-6H,1,3H2;. The van der Waals surface area contributed by atoms with Crippen molar-refractivity contribution < 1.29 is 20.4 Å². The minimum atomic E-state index is 0.594. The molecule has 4 atom stereocenters. The van der Waals surface area contributed by atoms with Crippen LogP contribution in [0.1, 0.15) is 12.8 Å². The molecule has 10 heavy (non-hydrogen) atoms. The van der Waals surface area contributed by atoms with Gasteiger partial charge >= 0.3 is 99.8 Å². The van der Waals surface area contributed by atoms with Crippen LogP contribution in [0.3, 0.4) is 0 Å². The van der Waals surface area contributed by atoms with Crippen LogP contribution in [0.5, 0.6) is 0 Å². The van der Waals surface area contributed by atoms with E-state index in [4.69, 9.17) is 0 Å². The van der Waals surface area contributed by atoms with Crippen molar-refractivity contribution >= 4 is 47.8 Å². The Morgan fingerprint density at radius 2 is 1.60 bits per heavy atom. The topological polar surface area (TPSA) is 0 Å². The van der Waals surface area contributed by atoms with Gasteiger partial charge in [0.1, 0.15) is 0 Å². The van der Waals surface area contributed by atoms with Gasteiger partial charge in [0.25, 0.3) is 0 Å². The first-order valence-electron chi connectivity index (χ1n) is 3.26. The average Bonchev–Trinajstić information content (AvgIpc) is 1.93. The second-order valence-electron chi connectivity index (χ2n) is 2.59. The van der Waals surface area contributed by atoms with Gasteiger partial charge in [-0.25, -0.2) is 0 Å². The van der Waals surface area contributed by atoms with Crippen molar-refractivity contribution in [2.24, 2.45) is 0 Å². The third kappa shape index (κ3) is 2.32. The summed E-state index contributed by atoms with van der Waals surface area (Å²) in [6.07, 6.45) is 2.62. The van der Waals surface area contributed by atoms with Crippen LogP contribution in [0.25, 0.3) is 0 Å². The first-order valence-corrected chi connectivity index (χ1v) is 6.91. The fraction of sp³-hybridized carbons (Fsp3) is 1.00. The molecule has 1 rings (SSSR count). The maximum absolute atomic E-state index is 3.68. The molecule has 0 aromatic rings. The van der Waals surface area contributed by atoms with E-state index in [-0.39, 0.29) is 0 Å². The Labute approximate surface area is 98.7 Å². The van der Waals surface area contributed by atoms with Crippen LogP contribution < -0.4 is 0 Å². The molecule has 4 unspecified atom stereocenters. The van der Waals surface area contributed by atoms with Crippen molar-refractivity contribution in [2.75, 3.05) is 0 Å². The van der Waals surface area contributed by atoms with Gasteiger partial charge in [-0.05, 0) is 0 Å². The quantitative estimate of drug-likeness (QED) is 0.455. The Balaban J connectivity index is 2.52. The van der Waals surface area contributed by atoms with Gasteiger partial charge in [-0.1, -0.05) is 0 Å². The third-order valence-electron chi connectivity index (χ3n) is 1.79. The summed E-state index contributed by atoms with van der Waals surface area (Å²) in [6.45, 7) is 0. The molecule has 1 aliphatic carbocycles. The second-order valence-corrected chi connectivity index (χ2v) is 7.04. The molecule has 0 aliphatic heterocycles. The number of hydrogen-bond acceptors (Lipinski definition) is 0. The van der Waals surface area contributed by atoms with Gasteiger partial charge in [0.05, 0.1) is 0 Å². The van der Waals surface area contributed by atoms with E-state index in [1.807, 2.05) is 0 Å². The summed E-state index contributed by atoms with van der Waals surface area (Å²) in [4.78, 5) is 1.87. The molecule has 1 saturated carbocycles. The zero-order valence-corrected chi connectivity index (χ0v) is 11.7. The van der Waals surface area contributed by atoms with Crippen LogP contribution in [-0.4, -0.2) is 14.5 Å². The molecule has 1 fully saturated rings. The molecule has 0 saturated heterocycles. The molecule has 0 aromatic carbocycles. The minimum absolute atomic E-state index is 0.594. The van der Waals surface area contributed by atoms with E-state index < -0.39 is 0 Å². The van der Waals surface area contributed by atoms with Gasteiger partial charge in [0.15, 0.2) is 0 Å². The third-order valence-corrected chi connectivity index (χ3v) is 8.42. The van der Waals surface area contributed by atoms with Crippen LogP contribution in [0.4, 0.5) is 0 Å². The monoisotopic (exact) mass is 365 g/mol. The molecule has 57 valence electrons. The molecule has 0 bridgehead atoms. The Hall–Kier alpha value is 2.15. The van der Waals surface area contributed by atoms with Crippen molar-refractivity contribution in [3.8, 4) is 0 Å². The summed E-state index contributed by atoms with van der Waals surface area (Å²) in [5.74, 6) is 0. The van der Waals surface area contributed by atoms with Crippen molar-refractivity contribution in [3.05, 3.63) is 0 Å². The van der Waals surface area contributed by atoms with Crippen LogP contribution >= 0.6 is 47.8 Å². The molecule has 1 aliphatic rings. The van der Waals surface area contributed by atoms with Crippen molar-refractivity contribution in [2.45, 2.75) is 31.5 Å². The van der Waals surface area contributed by atoms with E-state index >= 15 is 0 Å². The first-order chi connectivity index (χ1) is 4.63. The van der Waals surface area contributed by atoms with Gasteiger partial charge in [-0.3, -0.25) is 0 Å². The average molecular weight is 368 g/mol. The first kappa shape index (κ1) is 10.2. The fourth-order valence-electron chi connectivity index (χ4n) is 1.08. The molecular formula is C6H8Br3Ti. The van der Waals surface area contributed by atoms with Gasteiger partial charge in [-0.15, -0.1) is 0 Å². The second kappa shape index (κ2) is 4.41. The number of alkyl halides is 3. The van der Waals surface area contributed by atoms with Crippen LogP contribution in [0.2, 0.25) is 4.22 Å². The molecule has 0 spiro atoms. The normalized spacial score (nSPS) is 49.0. The van der Waals surface area contributed by atoms with E-state index in [0.717, 1.165) is 4.22 Å². The molecule has 0 amide bonds. The van der Waals surface area contributed by atoms with E-state index in [1.54, 1.807) is 0 Å². The summed E-state index contributed by atoms with van der Waals surface area (Å²) < 4.78 is 0.804. The summed E-state index contributed by atoms with van der Waals surface area (Å²) in [5, 5.41) is 0. The van der Waals surface area contributed by atoms with E-state index in [2.05, 4.69) is 68.2 Å². The summed E-state index contributed by atoms with van der Waals surface area (Å²) >= 11 is 13.3. The SMILES string of the molecule is [Ti][CH]1CCC(Br)C(Br)C1Br. The Morgan fingerprint density at radius 3 is 2.10 bits per heavy atom. The Bertz CT molecular complexity index is 106. The van der Waals surface area contributed by atoms with Gasteiger partial charge in [-0.2, -0.15) is 0 Å². The molecule has 0 heterocycles. The van der Waals surface area contributed by atoms with E-state index in [0.29, 0.717) is 14.5 Å².